The van der Waals surface area contributed by atoms with Crippen LogP contribution in [0.25, 0.3) is 0 Å². The van der Waals surface area contributed by atoms with Crippen LogP contribution in [0.4, 0.5) is 20.2 Å². The fourth-order valence-corrected chi connectivity index (χ4v) is 1.81. The van der Waals surface area contributed by atoms with Crippen molar-refractivity contribution < 1.29 is 13.6 Å². The molecule has 6 heteroatoms. The van der Waals surface area contributed by atoms with Crippen LogP contribution in [0.5, 0.6) is 0 Å². The Labute approximate surface area is 127 Å². The molecule has 116 valence electrons. The molecule has 1 amide bonds. The molecule has 0 fully saturated rings. The topological polar surface area (TPSA) is 54.0 Å². The van der Waals surface area contributed by atoms with Crippen LogP contribution in [-0.4, -0.2) is 17.4 Å². The Kier molecular flexibility index (Phi) is 5.41. The number of carbonyl (C=O) groups excluding carboxylic acids is 1. The molecular formula is C16H17F2N3O. The van der Waals surface area contributed by atoms with Crippen LogP contribution in [0.15, 0.2) is 36.5 Å². The zero-order chi connectivity index (χ0) is 15.9. The van der Waals surface area contributed by atoms with Crippen molar-refractivity contribution >= 4 is 17.3 Å². The lowest BCUT2D eigenvalue weighted by atomic mass is 10.2. The van der Waals surface area contributed by atoms with Gasteiger partial charge < -0.3 is 10.6 Å². The van der Waals surface area contributed by atoms with Crippen LogP contribution < -0.4 is 10.6 Å². The molecule has 1 aromatic heterocycles. The zero-order valence-electron chi connectivity index (χ0n) is 12.2. The molecule has 4 nitrogen and oxygen atoms in total. The van der Waals surface area contributed by atoms with Crippen molar-refractivity contribution in [3.8, 4) is 0 Å². The Morgan fingerprint density at radius 3 is 2.55 bits per heavy atom. The largest absolute Gasteiger partial charge is 0.354 e. The highest BCUT2D eigenvalue weighted by atomic mass is 19.2. The van der Waals surface area contributed by atoms with Gasteiger partial charge in [0.1, 0.15) is 5.69 Å². The van der Waals surface area contributed by atoms with E-state index >= 15 is 0 Å². The SMILES string of the molecule is CCCCNC(=O)c1ccc(Nc2ccc(F)c(F)c2)cn1. The lowest BCUT2D eigenvalue weighted by Crippen LogP contribution is -2.25. The smallest absolute Gasteiger partial charge is 0.269 e. The first-order valence-electron chi connectivity index (χ1n) is 7.06. The average molecular weight is 305 g/mol. The van der Waals surface area contributed by atoms with Gasteiger partial charge in [0.25, 0.3) is 5.91 Å². The van der Waals surface area contributed by atoms with E-state index in [9.17, 15) is 13.6 Å². The number of benzene rings is 1. The molecule has 0 aliphatic carbocycles. The van der Waals surface area contributed by atoms with Gasteiger partial charge in [0, 0.05) is 18.3 Å². The van der Waals surface area contributed by atoms with Crippen molar-refractivity contribution in [1.82, 2.24) is 10.3 Å². The lowest BCUT2D eigenvalue weighted by molar-refractivity contribution is 0.0948. The van der Waals surface area contributed by atoms with Crippen molar-refractivity contribution in [2.75, 3.05) is 11.9 Å². The minimum atomic E-state index is -0.926. The quantitative estimate of drug-likeness (QED) is 0.801. The number of pyridine rings is 1. The van der Waals surface area contributed by atoms with E-state index in [0.29, 0.717) is 23.6 Å². The number of halogens is 2. The molecule has 0 aliphatic rings. The molecule has 0 spiro atoms. The van der Waals surface area contributed by atoms with Gasteiger partial charge in [0.2, 0.25) is 0 Å². The predicted octanol–water partition coefficient (Wildman–Crippen LogP) is 3.63. The van der Waals surface area contributed by atoms with Gasteiger partial charge >= 0.3 is 0 Å². The van der Waals surface area contributed by atoms with E-state index in [1.54, 1.807) is 12.1 Å². The zero-order valence-corrected chi connectivity index (χ0v) is 12.2. The summed E-state index contributed by atoms with van der Waals surface area (Å²) in [4.78, 5) is 15.8. The molecule has 1 heterocycles. The monoisotopic (exact) mass is 305 g/mol. The Morgan fingerprint density at radius 1 is 1.14 bits per heavy atom. The van der Waals surface area contributed by atoms with Gasteiger partial charge in [-0.15, -0.1) is 0 Å². The van der Waals surface area contributed by atoms with E-state index in [0.717, 1.165) is 25.0 Å². The van der Waals surface area contributed by atoms with Crippen molar-refractivity contribution in [3.63, 3.8) is 0 Å². The molecule has 2 rings (SSSR count). The number of unbranched alkanes of at least 4 members (excludes halogenated alkanes) is 1. The first-order valence-corrected chi connectivity index (χ1v) is 7.06. The number of anilines is 2. The Balaban J connectivity index is 1.99. The first-order chi connectivity index (χ1) is 10.6. The summed E-state index contributed by atoms with van der Waals surface area (Å²) in [7, 11) is 0. The molecule has 22 heavy (non-hydrogen) atoms. The fraction of sp³-hybridized carbons (Fsp3) is 0.250. The van der Waals surface area contributed by atoms with Gasteiger partial charge in [-0.25, -0.2) is 13.8 Å². The summed E-state index contributed by atoms with van der Waals surface area (Å²) in [5.41, 5.74) is 1.30. The number of nitrogens with zero attached hydrogens (tertiary/aromatic N) is 1. The van der Waals surface area contributed by atoms with Crippen LogP contribution in [0.2, 0.25) is 0 Å². The molecule has 0 saturated carbocycles. The summed E-state index contributed by atoms with van der Waals surface area (Å²) in [5.74, 6) is -2.06. The maximum Gasteiger partial charge on any atom is 0.269 e. The van der Waals surface area contributed by atoms with Crippen LogP contribution in [0, 0.1) is 11.6 Å². The minimum absolute atomic E-state index is 0.229. The van der Waals surface area contributed by atoms with Crippen molar-refractivity contribution in [2.45, 2.75) is 19.8 Å². The van der Waals surface area contributed by atoms with Crippen LogP contribution in [-0.2, 0) is 0 Å². The number of hydrogen-bond donors (Lipinski definition) is 2. The average Bonchev–Trinajstić information content (AvgIpc) is 2.52. The molecule has 0 saturated heterocycles. The highest BCUT2D eigenvalue weighted by Crippen LogP contribution is 2.18. The molecule has 0 unspecified atom stereocenters. The summed E-state index contributed by atoms with van der Waals surface area (Å²) in [6.07, 6.45) is 3.39. The van der Waals surface area contributed by atoms with Crippen LogP contribution >= 0.6 is 0 Å². The molecule has 0 atom stereocenters. The molecular weight excluding hydrogens is 288 g/mol. The summed E-state index contributed by atoms with van der Waals surface area (Å²) in [6, 6.07) is 6.75. The van der Waals surface area contributed by atoms with E-state index in [1.807, 2.05) is 6.92 Å². The van der Waals surface area contributed by atoms with Gasteiger partial charge in [-0.1, -0.05) is 13.3 Å². The second-order valence-electron chi connectivity index (χ2n) is 4.80. The van der Waals surface area contributed by atoms with Crippen LogP contribution in [0.1, 0.15) is 30.3 Å². The van der Waals surface area contributed by atoms with Crippen molar-refractivity contribution in [2.24, 2.45) is 0 Å². The number of hydrogen-bond acceptors (Lipinski definition) is 3. The lowest BCUT2D eigenvalue weighted by Gasteiger charge is -2.08. The number of amides is 1. The Hall–Kier alpha value is -2.50. The van der Waals surface area contributed by atoms with Gasteiger partial charge in [0.15, 0.2) is 11.6 Å². The predicted molar refractivity (Wildman–Crippen MR) is 81.1 cm³/mol. The van der Waals surface area contributed by atoms with Crippen molar-refractivity contribution in [3.05, 3.63) is 53.9 Å². The van der Waals surface area contributed by atoms with E-state index in [2.05, 4.69) is 15.6 Å². The Morgan fingerprint density at radius 2 is 1.91 bits per heavy atom. The molecule has 2 N–H and O–H groups in total. The summed E-state index contributed by atoms with van der Waals surface area (Å²) >= 11 is 0. The summed E-state index contributed by atoms with van der Waals surface area (Å²) in [6.45, 7) is 2.66. The first kappa shape index (κ1) is 15.9. The molecule has 0 bridgehead atoms. The van der Waals surface area contributed by atoms with E-state index in [4.69, 9.17) is 0 Å². The Bertz CT molecular complexity index is 644. The van der Waals surface area contributed by atoms with Gasteiger partial charge in [0.05, 0.1) is 11.9 Å². The van der Waals surface area contributed by atoms with Gasteiger partial charge in [-0.05, 0) is 30.7 Å². The third-order valence-electron chi connectivity index (χ3n) is 3.02. The highest BCUT2D eigenvalue weighted by molar-refractivity contribution is 5.92. The maximum absolute atomic E-state index is 13.1. The molecule has 0 aliphatic heterocycles. The highest BCUT2D eigenvalue weighted by Gasteiger charge is 2.07. The third-order valence-corrected chi connectivity index (χ3v) is 3.02. The summed E-state index contributed by atoms with van der Waals surface area (Å²) < 4.78 is 26.0. The van der Waals surface area contributed by atoms with E-state index in [-0.39, 0.29) is 5.91 Å². The van der Waals surface area contributed by atoms with Crippen LogP contribution in [0.3, 0.4) is 0 Å². The molecule has 2 aromatic rings. The molecule has 0 radical (unpaired) electrons. The number of nitrogens with one attached hydrogen (secondary N) is 2. The summed E-state index contributed by atoms with van der Waals surface area (Å²) in [5, 5.41) is 5.66. The number of aromatic nitrogens is 1. The second-order valence-corrected chi connectivity index (χ2v) is 4.80. The second kappa shape index (κ2) is 7.49. The van der Waals surface area contributed by atoms with Gasteiger partial charge in [-0.2, -0.15) is 0 Å². The molecule has 1 aromatic carbocycles. The fourth-order valence-electron chi connectivity index (χ4n) is 1.81. The van der Waals surface area contributed by atoms with E-state index < -0.39 is 11.6 Å². The number of rotatable bonds is 6. The number of carbonyl (C=O) groups is 1. The maximum atomic E-state index is 13.1. The standard InChI is InChI=1S/C16H17F2N3O/c1-2-3-8-19-16(22)15-7-5-12(10-20-15)21-11-4-6-13(17)14(18)9-11/h4-7,9-10,21H,2-3,8H2,1H3,(H,19,22). The van der Waals surface area contributed by atoms with E-state index in [1.165, 1.54) is 12.3 Å². The normalized spacial score (nSPS) is 10.3. The van der Waals surface area contributed by atoms with Gasteiger partial charge in [-0.3, -0.25) is 4.79 Å². The third kappa shape index (κ3) is 4.25. The minimum Gasteiger partial charge on any atom is -0.354 e. The van der Waals surface area contributed by atoms with Crippen molar-refractivity contribution in [1.29, 1.82) is 0 Å².